The third-order valence-corrected chi connectivity index (χ3v) is 3.81. The van der Waals surface area contributed by atoms with Crippen LogP contribution >= 0.6 is 0 Å². The van der Waals surface area contributed by atoms with Gasteiger partial charge in [-0.15, -0.1) is 0 Å². The molecule has 1 rings (SSSR count). The predicted octanol–water partition coefficient (Wildman–Crippen LogP) is 4.44. The summed E-state index contributed by atoms with van der Waals surface area (Å²) in [5.41, 5.74) is 4.76. The van der Waals surface area contributed by atoms with Gasteiger partial charge in [0.05, 0.1) is 0 Å². The molecule has 0 radical (unpaired) electrons. The zero-order chi connectivity index (χ0) is 12.2. The van der Waals surface area contributed by atoms with Crippen molar-refractivity contribution in [2.24, 2.45) is 5.41 Å². The molecule has 0 saturated carbocycles. The van der Waals surface area contributed by atoms with Crippen molar-refractivity contribution in [2.45, 2.75) is 59.8 Å². The average molecular weight is 220 g/mol. The van der Waals surface area contributed by atoms with Gasteiger partial charge in [0.15, 0.2) is 0 Å². The fourth-order valence-electron chi connectivity index (χ4n) is 2.75. The molecule has 1 heteroatoms. The van der Waals surface area contributed by atoms with E-state index in [4.69, 9.17) is 0 Å². The Bertz CT molecular complexity index is 318. The molecule has 0 aromatic heterocycles. The van der Waals surface area contributed by atoms with Crippen molar-refractivity contribution < 1.29 is 4.79 Å². The number of carbonyl (C=O) groups excluding carboxylic acids is 1. The summed E-state index contributed by atoms with van der Waals surface area (Å²) in [6, 6.07) is 0. The quantitative estimate of drug-likeness (QED) is 0.389. The van der Waals surface area contributed by atoms with E-state index in [-0.39, 0.29) is 0 Å². The highest BCUT2D eigenvalue weighted by Crippen LogP contribution is 2.42. The number of rotatable bonds is 4. The molecule has 16 heavy (non-hydrogen) atoms. The number of aldehydes is 1. The molecule has 0 unspecified atom stereocenters. The monoisotopic (exact) mass is 220 g/mol. The van der Waals surface area contributed by atoms with Crippen LogP contribution in [0.15, 0.2) is 22.8 Å². The van der Waals surface area contributed by atoms with Crippen LogP contribution in [0, 0.1) is 5.41 Å². The normalized spacial score (nSPS) is 21.1. The van der Waals surface area contributed by atoms with E-state index < -0.39 is 0 Å². The zero-order valence-corrected chi connectivity index (χ0v) is 11.1. The highest BCUT2D eigenvalue weighted by Gasteiger charge is 2.27. The Labute approximate surface area is 99.6 Å². The molecule has 0 bridgehead atoms. The van der Waals surface area contributed by atoms with E-state index >= 15 is 0 Å². The summed E-state index contributed by atoms with van der Waals surface area (Å²) in [4.78, 5) is 10.4. The van der Waals surface area contributed by atoms with Gasteiger partial charge in [0.2, 0.25) is 0 Å². The SMILES string of the molecule is CC1=C(CC/C(C)=C\C=O)C(C)(C)CCC1. The maximum atomic E-state index is 10.4. The van der Waals surface area contributed by atoms with E-state index in [2.05, 4.69) is 20.8 Å². The zero-order valence-electron chi connectivity index (χ0n) is 11.1. The molecule has 0 saturated heterocycles. The van der Waals surface area contributed by atoms with Crippen molar-refractivity contribution >= 4 is 6.29 Å². The Morgan fingerprint density at radius 2 is 2.12 bits per heavy atom. The van der Waals surface area contributed by atoms with Crippen LogP contribution in [0.1, 0.15) is 59.8 Å². The molecule has 0 spiro atoms. The van der Waals surface area contributed by atoms with Gasteiger partial charge in [-0.1, -0.05) is 30.6 Å². The number of allylic oxidation sites excluding steroid dienone is 4. The highest BCUT2D eigenvalue weighted by atomic mass is 16.1. The van der Waals surface area contributed by atoms with Crippen molar-refractivity contribution in [3.8, 4) is 0 Å². The van der Waals surface area contributed by atoms with Gasteiger partial charge >= 0.3 is 0 Å². The predicted molar refractivity (Wildman–Crippen MR) is 69.4 cm³/mol. The third-order valence-electron chi connectivity index (χ3n) is 3.81. The van der Waals surface area contributed by atoms with Crippen LogP contribution in [-0.4, -0.2) is 6.29 Å². The van der Waals surface area contributed by atoms with Gasteiger partial charge in [0, 0.05) is 0 Å². The first kappa shape index (κ1) is 13.2. The molecular weight excluding hydrogens is 196 g/mol. The van der Waals surface area contributed by atoms with Gasteiger partial charge in [-0.3, -0.25) is 4.79 Å². The lowest BCUT2D eigenvalue weighted by Gasteiger charge is -2.34. The van der Waals surface area contributed by atoms with Gasteiger partial charge in [-0.2, -0.15) is 0 Å². The average Bonchev–Trinajstić information content (AvgIpc) is 2.16. The second-order valence-corrected chi connectivity index (χ2v) is 5.65. The van der Waals surface area contributed by atoms with Gasteiger partial charge < -0.3 is 0 Å². The molecule has 1 aliphatic carbocycles. The van der Waals surface area contributed by atoms with E-state index in [1.807, 2.05) is 6.92 Å². The molecule has 0 heterocycles. The van der Waals surface area contributed by atoms with Crippen LogP contribution in [0.4, 0.5) is 0 Å². The molecule has 90 valence electrons. The fraction of sp³-hybridized carbons (Fsp3) is 0.667. The lowest BCUT2D eigenvalue weighted by molar-refractivity contribution is -0.104. The fourth-order valence-corrected chi connectivity index (χ4v) is 2.75. The van der Waals surface area contributed by atoms with Crippen LogP contribution in [-0.2, 0) is 4.79 Å². The minimum atomic E-state index is 0.365. The van der Waals surface area contributed by atoms with Crippen molar-refractivity contribution in [2.75, 3.05) is 0 Å². The molecule has 0 amide bonds. The van der Waals surface area contributed by atoms with Crippen LogP contribution in [0.25, 0.3) is 0 Å². The number of hydrogen-bond donors (Lipinski definition) is 0. The first-order valence-corrected chi connectivity index (χ1v) is 6.27. The molecule has 0 aromatic carbocycles. The Balaban J connectivity index is 2.71. The van der Waals surface area contributed by atoms with Crippen molar-refractivity contribution in [1.29, 1.82) is 0 Å². The summed E-state index contributed by atoms with van der Waals surface area (Å²) < 4.78 is 0. The van der Waals surface area contributed by atoms with Crippen molar-refractivity contribution in [1.82, 2.24) is 0 Å². The van der Waals surface area contributed by atoms with Crippen molar-refractivity contribution in [3.05, 3.63) is 22.8 Å². The number of hydrogen-bond acceptors (Lipinski definition) is 1. The molecule has 0 aliphatic heterocycles. The lowest BCUT2D eigenvalue weighted by Crippen LogP contribution is -2.20. The molecule has 1 aliphatic rings. The maximum absolute atomic E-state index is 10.4. The minimum Gasteiger partial charge on any atom is -0.299 e. The number of carbonyl (C=O) groups is 1. The van der Waals surface area contributed by atoms with E-state index in [0.717, 1.165) is 19.1 Å². The van der Waals surface area contributed by atoms with Gasteiger partial charge in [-0.05, 0) is 57.4 Å². The maximum Gasteiger partial charge on any atom is 0.142 e. The van der Waals surface area contributed by atoms with Crippen LogP contribution < -0.4 is 0 Å². The Morgan fingerprint density at radius 3 is 2.69 bits per heavy atom. The van der Waals surface area contributed by atoms with E-state index in [9.17, 15) is 4.79 Å². The summed E-state index contributed by atoms with van der Waals surface area (Å²) in [5.74, 6) is 0. The Morgan fingerprint density at radius 1 is 1.44 bits per heavy atom. The van der Waals surface area contributed by atoms with Gasteiger partial charge in [0.1, 0.15) is 6.29 Å². The van der Waals surface area contributed by atoms with Crippen LogP contribution in [0.5, 0.6) is 0 Å². The van der Waals surface area contributed by atoms with E-state index in [1.165, 1.54) is 24.8 Å². The largest absolute Gasteiger partial charge is 0.299 e. The van der Waals surface area contributed by atoms with Crippen molar-refractivity contribution in [3.63, 3.8) is 0 Å². The summed E-state index contributed by atoms with van der Waals surface area (Å²) in [6.45, 7) is 9.02. The van der Waals surface area contributed by atoms with E-state index in [1.54, 1.807) is 17.2 Å². The molecule has 1 nitrogen and oxygen atoms in total. The smallest absolute Gasteiger partial charge is 0.142 e. The summed E-state index contributed by atoms with van der Waals surface area (Å²) in [7, 11) is 0. The van der Waals surface area contributed by atoms with Crippen LogP contribution in [0.3, 0.4) is 0 Å². The third kappa shape index (κ3) is 3.33. The summed E-state index contributed by atoms with van der Waals surface area (Å²) in [6.07, 6.45) is 8.61. The highest BCUT2D eigenvalue weighted by molar-refractivity contribution is 5.65. The summed E-state index contributed by atoms with van der Waals surface area (Å²) in [5, 5.41) is 0. The van der Waals surface area contributed by atoms with Gasteiger partial charge in [-0.25, -0.2) is 0 Å². The lowest BCUT2D eigenvalue weighted by atomic mass is 9.71. The first-order chi connectivity index (χ1) is 7.47. The van der Waals surface area contributed by atoms with Gasteiger partial charge in [0.25, 0.3) is 0 Å². The Kier molecular flexibility index (Phi) is 4.52. The Hall–Kier alpha value is -0.850. The second kappa shape index (κ2) is 5.47. The molecule has 0 N–H and O–H groups in total. The second-order valence-electron chi connectivity index (χ2n) is 5.65. The summed E-state index contributed by atoms with van der Waals surface area (Å²) >= 11 is 0. The van der Waals surface area contributed by atoms with E-state index in [0.29, 0.717) is 5.41 Å². The molecule has 0 fully saturated rings. The molecule has 0 aromatic rings. The standard InChI is InChI=1S/C15H24O/c1-12(9-11-16)7-8-14-13(2)6-5-10-15(14,3)4/h9,11H,5-8,10H2,1-4H3/b12-9-. The molecular formula is C15H24O. The molecule has 0 atom stereocenters. The topological polar surface area (TPSA) is 17.1 Å². The minimum absolute atomic E-state index is 0.365. The first-order valence-electron chi connectivity index (χ1n) is 6.27. The van der Waals surface area contributed by atoms with Crippen LogP contribution in [0.2, 0.25) is 0 Å².